The Morgan fingerprint density at radius 1 is 1.00 bits per heavy atom. The number of fused-ring (bicyclic) bond motifs is 2. The van der Waals surface area contributed by atoms with Gasteiger partial charge in [-0.15, -0.1) is 0 Å². The van der Waals surface area contributed by atoms with Gasteiger partial charge in [-0.3, -0.25) is 19.3 Å². The van der Waals surface area contributed by atoms with Gasteiger partial charge in [-0.25, -0.2) is 0 Å². The molecule has 37 heavy (non-hydrogen) atoms. The van der Waals surface area contributed by atoms with Crippen LogP contribution < -0.4 is 20.7 Å². The van der Waals surface area contributed by atoms with Crippen LogP contribution >= 0.6 is 0 Å². The van der Waals surface area contributed by atoms with Crippen LogP contribution in [0, 0.1) is 5.92 Å². The van der Waals surface area contributed by atoms with Crippen LogP contribution in [0.4, 0.5) is 0 Å². The van der Waals surface area contributed by atoms with Gasteiger partial charge in [0.2, 0.25) is 17.7 Å². The lowest BCUT2D eigenvalue weighted by Gasteiger charge is -2.30. The molecule has 0 spiro atoms. The first-order chi connectivity index (χ1) is 17.7. The first kappa shape index (κ1) is 27.9. The molecule has 1 aliphatic heterocycles. The summed E-state index contributed by atoms with van der Waals surface area (Å²) in [5, 5.41) is 8.70. The van der Waals surface area contributed by atoms with E-state index in [0.717, 1.165) is 16.7 Å². The molecule has 4 atom stereocenters. The second-order valence-corrected chi connectivity index (χ2v) is 9.72. The summed E-state index contributed by atoms with van der Waals surface area (Å²) in [5.74, 6) is -0.442. The number of hydrogen-bond donors (Lipinski definition) is 3. The van der Waals surface area contributed by atoms with Gasteiger partial charge in [-0.2, -0.15) is 0 Å². The smallest absolute Gasteiger partial charge is 0.246 e. The highest BCUT2D eigenvalue weighted by Gasteiger charge is 2.33. The molecule has 0 radical (unpaired) electrons. The minimum atomic E-state index is -0.816. The van der Waals surface area contributed by atoms with E-state index in [0.29, 0.717) is 25.0 Å². The van der Waals surface area contributed by atoms with Crippen molar-refractivity contribution in [1.82, 2.24) is 20.9 Å². The van der Waals surface area contributed by atoms with Crippen molar-refractivity contribution in [3.05, 3.63) is 71.4 Å². The predicted molar refractivity (Wildman–Crippen MR) is 145 cm³/mol. The summed E-state index contributed by atoms with van der Waals surface area (Å²) in [6, 6.07) is 13.1. The summed E-state index contributed by atoms with van der Waals surface area (Å²) in [5.41, 5.74) is 2.62. The van der Waals surface area contributed by atoms with E-state index >= 15 is 0 Å². The van der Waals surface area contributed by atoms with Gasteiger partial charge in [0.1, 0.15) is 17.8 Å². The third-order valence-electron chi connectivity index (χ3n) is 6.85. The van der Waals surface area contributed by atoms with Crippen molar-refractivity contribution >= 4 is 23.8 Å². The maximum Gasteiger partial charge on any atom is 0.246 e. The molecule has 8 nitrogen and oxygen atoms in total. The zero-order chi connectivity index (χ0) is 26.9. The van der Waals surface area contributed by atoms with Gasteiger partial charge in [0.05, 0.1) is 13.2 Å². The molecule has 0 fully saturated rings. The number of likely N-dealkylation sites (N-methyl/N-ethyl adjacent to an activating group) is 1. The lowest BCUT2D eigenvalue weighted by atomic mass is 9.95. The van der Waals surface area contributed by atoms with Gasteiger partial charge < -0.3 is 20.7 Å². The number of ether oxygens (including phenoxy) is 1. The predicted octanol–water partition coefficient (Wildman–Crippen LogP) is 2.53. The molecule has 0 aromatic heterocycles. The average molecular weight is 507 g/mol. The summed E-state index contributed by atoms with van der Waals surface area (Å²) in [6.07, 6.45) is 4.76. The van der Waals surface area contributed by atoms with Crippen LogP contribution in [-0.4, -0.2) is 62.0 Å². The first-order valence-electron chi connectivity index (χ1n) is 12.7. The monoisotopic (exact) mass is 506 g/mol. The van der Waals surface area contributed by atoms with E-state index in [-0.39, 0.29) is 23.6 Å². The summed E-state index contributed by atoms with van der Waals surface area (Å²) in [4.78, 5) is 42.1. The van der Waals surface area contributed by atoms with Crippen LogP contribution in [0.5, 0.6) is 5.75 Å². The summed E-state index contributed by atoms with van der Waals surface area (Å²) in [6.45, 7) is 3.89. The van der Waals surface area contributed by atoms with Crippen molar-refractivity contribution in [3.63, 3.8) is 0 Å². The highest BCUT2D eigenvalue weighted by molar-refractivity contribution is 5.94. The number of benzene rings is 2. The van der Waals surface area contributed by atoms with Crippen molar-refractivity contribution in [2.45, 2.75) is 51.2 Å². The molecular weight excluding hydrogens is 468 g/mol. The molecule has 198 valence electrons. The Kier molecular flexibility index (Phi) is 9.85. The Bertz CT molecular complexity index is 1120. The van der Waals surface area contributed by atoms with Crippen molar-refractivity contribution in [1.29, 1.82) is 0 Å². The Morgan fingerprint density at radius 2 is 1.73 bits per heavy atom. The van der Waals surface area contributed by atoms with Crippen molar-refractivity contribution in [2.24, 2.45) is 5.92 Å². The van der Waals surface area contributed by atoms with E-state index in [4.69, 9.17) is 4.74 Å². The van der Waals surface area contributed by atoms with Crippen LogP contribution in [0.3, 0.4) is 0 Å². The number of amides is 3. The maximum atomic E-state index is 13.5. The molecule has 1 aliphatic rings. The SMILES string of the molecule is CC[C@H](C)[C@H]1NC(=O)[C@@H](N(C)C)Cc2cc(ccc2OC)C=CNC(=O)[C@H](Cc2ccccc2)NC1=O. The highest BCUT2D eigenvalue weighted by Crippen LogP contribution is 2.23. The lowest BCUT2D eigenvalue weighted by molar-refractivity contribution is -0.134. The van der Waals surface area contributed by atoms with Gasteiger partial charge in [0.25, 0.3) is 0 Å². The van der Waals surface area contributed by atoms with Gasteiger partial charge in [-0.05, 0) is 54.9 Å². The van der Waals surface area contributed by atoms with E-state index < -0.39 is 18.1 Å². The van der Waals surface area contributed by atoms with Crippen molar-refractivity contribution in [3.8, 4) is 5.75 Å². The normalized spacial score (nSPS) is 21.8. The van der Waals surface area contributed by atoms with Gasteiger partial charge in [-0.1, -0.05) is 56.7 Å². The molecule has 8 heteroatoms. The Hall–Kier alpha value is -3.65. The minimum absolute atomic E-state index is 0.138. The fraction of sp³-hybridized carbons (Fsp3) is 0.414. The Balaban J connectivity index is 2.03. The zero-order valence-electron chi connectivity index (χ0n) is 22.3. The largest absolute Gasteiger partial charge is 0.496 e. The molecule has 2 aromatic carbocycles. The lowest BCUT2D eigenvalue weighted by Crippen LogP contribution is -2.58. The van der Waals surface area contributed by atoms with E-state index in [9.17, 15) is 14.4 Å². The topological polar surface area (TPSA) is 99.8 Å². The minimum Gasteiger partial charge on any atom is -0.496 e. The Labute approximate surface area is 219 Å². The first-order valence-corrected chi connectivity index (χ1v) is 12.7. The molecular formula is C29H38N4O4. The van der Waals surface area contributed by atoms with Gasteiger partial charge in [0, 0.05) is 19.0 Å². The summed E-state index contributed by atoms with van der Waals surface area (Å²) < 4.78 is 5.55. The number of nitrogens with one attached hydrogen (secondary N) is 3. The van der Waals surface area contributed by atoms with Crippen LogP contribution in [-0.2, 0) is 27.2 Å². The van der Waals surface area contributed by atoms with E-state index in [2.05, 4.69) is 16.0 Å². The average Bonchev–Trinajstić information content (AvgIpc) is 2.89. The molecule has 0 unspecified atom stereocenters. The van der Waals surface area contributed by atoms with Crippen LogP contribution in [0.25, 0.3) is 6.08 Å². The molecule has 2 aromatic rings. The molecule has 2 bridgehead atoms. The molecule has 1 heterocycles. The fourth-order valence-corrected chi connectivity index (χ4v) is 4.37. The van der Waals surface area contributed by atoms with Crippen molar-refractivity contribution < 1.29 is 19.1 Å². The van der Waals surface area contributed by atoms with E-state index in [1.165, 1.54) is 0 Å². The van der Waals surface area contributed by atoms with E-state index in [1.54, 1.807) is 19.4 Å². The third kappa shape index (κ3) is 7.43. The highest BCUT2D eigenvalue weighted by atomic mass is 16.5. The summed E-state index contributed by atoms with van der Waals surface area (Å²) in [7, 11) is 5.27. The Morgan fingerprint density at radius 3 is 2.38 bits per heavy atom. The number of hydrogen-bond acceptors (Lipinski definition) is 5. The quantitative estimate of drug-likeness (QED) is 0.559. The third-order valence-corrected chi connectivity index (χ3v) is 6.85. The number of carbonyl (C=O) groups is 3. The van der Waals surface area contributed by atoms with Gasteiger partial charge >= 0.3 is 0 Å². The standard InChI is InChI=1S/C29H38N4O4/c1-6-19(2)26-29(36)31-23(17-20-10-8-7-9-11-20)27(34)30-15-14-21-12-13-25(37-5)22(16-21)18-24(33(3)4)28(35)32-26/h7-16,19,23-24,26H,6,17-18H2,1-5H3,(H,30,34)(H,31,36)(H,32,35)/t19-,23-,24-,26+/m0/s1. The second-order valence-electron chi connectivity index (χ2n) is 9.72. The fourth-order valence-electron chi connectivity index (χ4n) is 4.37. The molecule has 3 amide bonds. The van der Waals surface area contributed by atoms with Crippen molar-refractivity contribution in [2.75, 3.05) is 21.2 Å². The number of rotatable bonds is 6. The van der Waals surface area contributed by atoms with Crippen LogP contribution in [0.1, 0.15) is 37.0 Å². The van der Waals surface area contributed by atoms with Gasteiger partial charge in [0.15, 0.2) is 0 Å². The summed E-state index contributed by atoms with van der Waals surface area (Å²) >= 11 is 0. The molecule has 3 rings (SSSR count). The molecule has 0 aliphatic carbocycles. The number of methoxy groups -OCH3 is 1. The molecule has 0 saturated carbocycles. The van der Waals surface area contributed by atoms with E-state index in [1.807, 2.05) is 81.4 Å². The molecule has 0 saturated heterocycles. The zero-order valence-corrected chi connectivity index (χ0v) is 22.3. The maximum absolute atomic E-state index is 13.5. The molecule has 3 N–H and O–H groups in total. The number of carbonyl (C=O) groups excluding carboxylic acids is 3. The second kappa shape index (κ2) is 13.1. The van der Waals surface area contributed by atoms with Crippen LogP contribution in [0.15, 0.2) is 54.7 Å². The number of nitrogens with zero attached hydrogens (tertiary/aromatic N) is 1. The van der Waals surface area contributed by atoms with Crippen LogP contribution in [0.2, 0.25) is 0 Å².